The maximum absolute atomic E-state index is 12.3. The molecule has 1 amide bonds. The van der Waals surface area contributed by atoms with Crippen LogP contribution >= 0.6 is 0 Å². The SMILES string of the molecule is CC(NC(=O)C(N)CC1CCCCC1)c1ccc2c(c1)OCO2. The fourth-order valence-electron chi connectivity index (χ4n) is 3.48. The van der Waals surface area contributed by atoms with Crippen LogP contribution in [0.1, 0.15) is 57.1 Å². The van der Waals surface area contributed by atoms with E-state index < -0.39 is 6.04 Å². The predicted octanol–water partition coefficient (Wildman–Crippen LogP) is 2.89. The van der Waals surface area contributed by atoms with E-state index in [1.807, 2.05) is 25.1 Å². The van der Waals surface area contributed by atoms with E-state index in [0.29, 0.717) is 5.92 Å². The molecule has 1 saturated carbocycles. The summed E-state index contributed by atoms with van der Waals surface area (Å²) in [5.74, 6) is 2.02. The van der Waals surface area contributed by atoms with Gasteiger partial charge in [-0.25, -0.2) is 0 Å². The highest BCUT2D eigenvalue weighted by Gasteiger charge is 2.23. The Morgan fingerprint density at radius 3 is 2.78 bits per heavy atom. The third-order valence-electron chi connectivity index (χ3n) is 4.90. The van der Waals surface area contributed by atoms with Gasteiger partial charge in [0.25, 0.3) is 0 Å². The molecule has 23 heavy (non-hydrogen) atoms. The summed E-state index contributed by atoms with van der Waals surface area (Å²) in [4.78, 5) is 12.3. The summed E-state index contributed by atoms with van der Waals surface area (Å²) in [5, 5.41) is 3.02. The van der Waals surface area contributed by atoms with Crippen molar-refractivity contribution in [1.82, 2.24) is 5.32 Å². The number of rotatable bonds is 5. The van der Waals surface area contributed by atoms with Gasteiger partial charge >= 0.3 is 0 Å². The van der Waals surface area contributed by atoms with Crippen LogP contribution in [0.2, 0.25) is 0 Å². The molecular weight excluding hydrogens is 292 g/mol. The zero-order valence-corrected chi connectivity index (χ0v) is 13.7. The smallest absolute Gasteiger partial charge is 0.237 e. The maximum atomic E-state index is 12.3. The molecule has 3 rings (SSSR count). The standard InChI is InChI=1S/C18H26N2O3/c1-12(14-7-8-16-17(10-14)23-11-22-16)20-18(21)15(19)9-13-5-3-2-4-6-13/h7-8,10,12-13,15H,2-6,9,11,19H2,1H3,(H,20,21). The van der Waals surface area contributed by atoms with Crippen LogP contribution in [-0.2, 0) is 4.79 Å². The van der Waals surface area contributed by atoms with Crippen molar-refractivity contribution in [3.63, 3.8) is 0 Å². The number of fused-ring (bicyclic) bond motifs is 1. The van der Waals surface area contributed by atoms with Crippen molar-refractivity contribution < 1.29 is 14.3 Å². The molecule has 5 heteroatoms. The van der Waals surface area contributed by atoms with Gasteiger partial charge in [0.2, 0.25) is 12.7 Å². The number of benzene rings is 1. The predicted molar refractivity (Wildman–Crippen MR) is 88.3 cm³/mol. The van der Waals surface area contributed by atoms with Crippen LogP contribution in [-0.4, -0.2) is 18.7 Å². The van der Waals surface area contributed by atoms with Crippen molar-refractivity contribution in [2.24, 2.45) is 11.7 Å². The molecule has 0 aromatic heterocycles. The summed E-state index contributed by atoms with van der Waals surface area (Å²) < 4.78 is 10.7. The molecule has 0 spiro atoms. The van der Waals surface area contributed by atoms with Gasteiger partial charge in [-0.3, -0.25) is 4.79 Å². The summed E-state index contributed by atoms with van der Waals surface area (Å²) in [5.41, 5.74) is 7.10. The van der Waals surface area contributed by atoms with Crippen molar-refractivity contribution >= 4 is 5.91 Å². The largest absolute Gasteiger partial charge is 0.454 e. The van der Waals surface area contributed by atoms with Crippen LogP contribution in [0.25, 0.3) is 0 Å². The molecule has 126 valence electrons. The third-order valence-corrected chi connectivity index (χ3v) is 4.90. The summed E-state index contributed by atoms with van der Waals surface area (Å²) in [6.07, 6.45) is 7.06. The average molecular weight is 318 g/mol. The van der Waals surface area contributed by atoms with Gasteiger partial charge in [-0.15, -0.1) is 0 Å². The lowest BCUT2D eigenvalue weighted by molar-refractivity contribution is -0.123. The van der Waals surface area contributed by atoms with E-state index in [-0.39, 0.29) is 18.7 Å². The number of carbonyl (C=O) groups is 1. The van der Waals surface area contributed by atoms with Crippen molar-refractivity contribution in [2.75, 3.05) is 6.79 Å². The fourth-order valence-corrected chi connectivity index (χ4v) is 3.48. The van der Waals surface area contributed by atoms with Gasteiger partial charge in [0, 0.05) is 0 Å². The van der Waals surface area contributed by atoms with Gasteiger partial charge in [0.05, 0.1) is 12.1 Å². The number of hydrogen-bond acceptors (Lipinski definition) is 4. The van der Waals surface area contributed by atoms with Gasteiger partial charge < -0.3 is 20.5 Å². The second-order valence-electron chi connectivity index (χ2n) is 6.69. The van der Waals surface area contributed by atoms with Crippen molar-refractivity contribution in [3.8, 4) is 11.5 Å². The highest BCUT2D eigenvalue weighted by atomic mass is 16.7. The Morgan fingerprint density at radius 2 is 2.00 bits per heavy atom. The van der Waals surface area contributed by atoms with E-state index in [1.165, 1.54) is 32.1 Å². The third kappa shape index (κ3) is 3.96. The lowest BCUT2D eigenvalue weighted by atomic mass is 9.85. The van der Waals surface area contributed by atoms with Crippen LogP contribution in [0.5, 0.6) is 11.5 Å². The van der Waals surface area contributed by atoms with E-state index in [1.54, 1.807) is 0 Å². The molecule has 1 aromatic rings. The van der Waals surface area contributed by atoms with Crippen LogP contribution in [0.15, 0.2) is 18.2 Å². The highest BCUT2D eigenvalue weighted by Crippen LogP contribution is 2.34. The minimum atomic E-state index is -0.422. The summed E-state index contributed by atoms with van der Waals surface area (Å²) in [6, 6.07) is 5.22. The van der Waals surface area contributed by atoms with E-state index in [9.17, 15) is 4.79 Å². The Labute approximate surface area is 137 Å². The first kappa shape index (κ1) is 16.1. The Balaban J connectivity index is 1.54. The first-order valence-electron chi connectivity index (χ1n) is 8.59. The van der Waals surface area contributed by atoms with Crippen LogP contribution in [0.3, 0.4) is 0 Å². The normalized spacial score (nSPS) is 20.1. The number of amides is 1. The average Bonchev–Trinajstić information content (AvgIpc) is 3.03. The van der Waals surface area contributed by atoms with Crippen molar-refractivity contribution in [2.45, 2.75) is 57.5 Å². The zero-order chi connectivity index (χ0) is 16.2. The molecule has 0 saturated heterocycles. The molecule has 0 bridgehead atoms. The molecule has 3 N–H and O–H groups in total. The van der Waals surface area contributed by atoms with Crippen molar-refractivity contribution in [3.05, 3.63) is 23.8 Å². The van der Waals surface area contributed by atoms with Gasteiger partial charge in [-0.1, -0.05) is 38.2 Å². The second-order valence-corrected chi connectivity index (χ2v) is 6.69. The highest BCUT2D eigenvalue weighted by molar-refractivity contribution is 5.81. The topological polar surface area (TPSA) is 73.6 Å². The Hall–Kier alpha value is -1.75. The van der Waals surface area contributed by atoms with Crippen LogP contribution in [0, 0.1) is 5.92 Å². The van der Waals surface area contributed by atoms with Crippen LogP contribution in [0.4, 0.5) is 0 Å². The van der Waals surface area contributed by atoms with Crippen molar-refractivity contribution in [1.29, 1.82) is 0 Å². The lowest BCUT2D eigenvalue weighted by Gasteiger charge is -2.25. The molecule has 1 fully saturated rings. The molecule has 1 heterocycles. The number of nitrogens with one attached hydrogen (secondary N) is 1. The molecule has 1 aliphatic carbocycles. The van der Waals surface area contributed by atoms with Crippen LogP contribution < -0.4 is 20.5 Å². The zero-order valence-electron chi connectivity index (χ0n) is 13.7. The number of hydrogen-bond donors (Lipinski definition) is 2. The number of ether oxygens (including phenoxy) is 2. The molecule has 2 unspecified atom stereocenters. The number of nitrogens with two attached hydrogens (primary N) is 1. The van der Waals surface area contributed by atoms with E-state index in [4.69, 9.17) is 15.2 Å². The summed E-state index contributed by atoms with van der Waals surface area (Å²) in [6.45, 7) is 2.22. The Morgan fingerprint density at radius 1 is 1.26 bits per heavy atom. The van der Waals surface area contributed by atoms with E-state index in [2.05, 4.69) is 5.32 Å². The second kappa shape index (κ2) is 7.21. The monoisotopic (exact) mass is 318 g/mol. The number of carbonyl (C=O) groups excluding carboxylic acids is 1. The summed E-state index contributed by atoms with van der Waals surface area (Å²) in [7, 11) is 0. The van der Waals surface area contributed by atoms with Gasteiger partial charge in [-0.05, 0) is 37.0 Å². The molecule has 1 aliphatic heterocycles. The van der Waals surface area contributed by atoms with Gasteiger partial charge in [0.15, 0.2) is 11.5 Å². The lowest BCUT2D eigenvalue weighted by Crippen LogP contribution is -2.42. The van der Waals surface area contributed by atoms with Gasteiger partial charge in [-0.2, -0.15) is 0 Å². The molecule has 1 aromatic carbocycles. The molecule has 2 aliphatic rings. The molecule has 0 radical (unpaired) electrons. The minimum Gasteiger partial charge on any atom is -0.454 e. The quantitative estimate of drug-likeness (QED) is 0.875. The Bertz CT molecular complexity index is 555. The fraction of sp³-hybridized carbons (Fsp3) is 0.611. The first-order valence-corrected chi connectivity index (χ1v) is 8.59. The molecule has 5 nitrogen and oxygen atoms in total. The van der Waals surface area contributed by atoms with Gasteiger partial charge in [0.1, 0.15) is 0 Å². The Kier molecular flexibility index (Phi) is 5.06. The maximum Gasteiger partial charge on any atom is 0.237 e. The molecular formula is C18H26N2O3. The van der Waals surface area contributed by atoms with E-state index in [0.717, 1.165) is 23.5 Å². The summed E-state index contributed by atoms with van der Waals surface area (Å²) >= 11 is 0. The first-order chi connectivity index (χ1) is 11.1. The molecule has 2 atom stereocenters. The van der Waals surface area contributed by atoms with E-state index >= 15 is 0 Å². The minimum absolute atomic E-state index is 0.0688.